The van der Waals surface area contributed by atoms with Crippen molar-refractivity contribution in [3.63, 3.8) is 0 Å². The summed E-state index contributed by atoms with van der Waals surface area (Å²) in [5.74, 6) is 0.122. The van der Waals surface area contributed by atoms with Gasteiger partial charge >= 0.3 is 0 Å². The van der Waals surface area contributed by atoms with Crippen LogP contribution in [-0.2, 0) is 27.5 Å². The number of unbranched alkanes of at least 4 members (excludes halogenated alkanes) is 3. The highest BCUT2D eigenvalue weighted by atomic mass is 32.2. The van der Waals surface area contributed by atoms with Crippen molar-refractivity contribution in [2.24, 2.45) is 34.5 Å². The van der Waals surface area contributed by atoms with Gasteiger partial charge in [-0.3, -0.25) is 4.98 Å². The number of aryl methyl sites for hydroxylation is 1. The molecule has 0 aliphatic heterocycles. The van der Waals surface area contributed by atoms with E-state index in [-0.39, 0.29) is 40.6 Å². The van der Waals surface area contributed by atoms with Crippen LogP contribution >= 0.6 is 0 Å². The molecule has 0 spiro atoms. The fourth-order valence-electron chi connectivity index (χ4n) is 11.9. The number of hydrogen-bond donors (Lipinski definition) is 1. The molecule has 4 saturated carbocycles. The second-order valence-electron chi connectivity index (χ2n) is 19.3. The first kappa shape index (κ1) is 43.1. The molecule has 4 fully saturated rings. The van der Waals surface area contributed by atoms with E-state index < -0.39 is 21.0 Å². The topological polar surface area (TPSA) is 107 Å². The van der Waals surface area contributed by atoms with E-state index in [1.807, 2.05) is 25.2 Å². The van der Waals surface area contributed by atoms with Gasteiger partial charge in [0.2, 0.25) is 5.92 Å². The molecule has 2 heterocycles. The Labute approximate surface area is 356 Å². The van der Waals surface area contributed by atoms with E-state index in [4.69, 9.17) is 19.2 Å². The van der Waals surface area contributed by atoms with E-state index in [9.17, 15) is 17.2 Å². The van der Waals surface area contributed by atoms with Gasteiger partial charge in [0.25, 0.3) is 0 Å². The lowest BCUT2D eigenvalue weighted by Gasteiger charge is -2.61. The van der Waals surface area contributed by atoms with Crippen molar-refractivity contribution in [1.29, 1.82) is 0 Å². The Morgan fingerprint density at radius 1 is 0.850 bits per heavy atom. The second-order valence-corrected chi connectivity index (χ2v) is 21.8. The largest absolute Gasteiger partial charge is 0.378 e. The van der Waals surface area contributed by atoms with Gasteiger partial charge in [-0.05, 0) is 137 Å². The third kappa shape index (κ3) is 8.48. The van der Waals surface area contributed by atoms with E-state index in [2.05, 4.69) is 36.5 Å². The standard InChI is InChI=1S/C49H64F2N4O4S/c1-32(2)60(56,57)37-18-15-35(16-19-37)43-31-53-41(46(54-43)44-28-42(55-59-44)34-13-11-33(12-14-34)30-52-5)10-8-6-7-9-27-58-45-22-21-39-38-20-17-36-29-49(50,51)26-25-47(36,3)40(38)23-24-48(39,45)4/h11-16,18-19,28,31-32,36,38-40,45,52H,6-10,17,20-27,29-30H2,1-5H3/t36-,38-,39-,40-,45-,47-,48-/m0/s1. The summed E-state index contributed by atoms with van der Waals surface area (Å²) in [5.41, 5.74) is 5.99. The average molecular weight is 843 g/mol. The Hall–Kier alpha value is -3.54. The average Bonchev–Trinajstić information content (AvgIpc) is 3.86. The predicted molar refractivity (Wildman–Crippen MR) is 232 cm³/mol. The lowest BCUT2D eigenvalue weighted by molar-refractivity contribution is -0.169. The number of nitrogens with one attached hydrogen (secondary N) is 1. The number of fused-ring (bicyclic) bond motifs is 5. The monoisotopic (exact) mass is 842 g/mol. The molecule has 4 aliphatic rings. The van der Waals surface area contributed by atoms with Crippen molar-refractivity contribution in [2.45, 2.75) is 146 Å². The molecule has 8 rings (SSSR count). The Bertz CT molecular complexity index is 2210. The van der Waals surface area contributed by atoms with Gasteiger partial charge in [-0.25, -0.2) is 22.2 Å². The Balaban J connectivity index is 0.884. The van der Waals surface area contributed by atoms with Gasteiger partial charge < -0.3 is 14.6 Å². The summed E-state index contributed by atoms with van der Waals surface area (Å²) in [6.07, 6.45) is 14.4. The van der Waals surface area contributed by atoms with Crippen LogP contribution in [0.5, 0.6) is 0 Å². The maximum absolute atomic E-state index is 14.4. The first-order valence-electron chi connectivity index (χ1n) is 22.6. The Morgan fingerprint density at radius 3 is 2.32 bits per heavy atom. The zero-order chi connectivity index (χ0) is 42.3. The molecule has 0 saturated heterocycles. The number of aromatic nitrogens is 3. The highest BCUT2D eigenvalue weighted by Crippen LogP contribution is 2.67. The lowest BCUT2D eigenvalue weighted by atomic mass is 9.45. The zero-order valence-electron chi connectivity index (χ0n) is 36.2. The van der Waals surface area contributed by atoms with Crippen LogP contribution in [0.15, 0.2) is 70.2 Å². The molecule has 0 amide bonds. The fraction of sp³-hybridized carbons (Fsp3) is 0.612. The van der Waals surface area contributed by atoms with E-state index in [0.717, 1.165) is 99.9 Å². The summed E-state index contributed by atoms with van der Waals surface area (Å²) < 4.78 is 67.0. The minimum atomic E-state index is -3.40. The van der Waals surface area contributed by atoms with E-state index in [1.54, 1.807) is 44.3 Å². The van der Waals surface area contributed by atoms with Crippen molar-refractivity contribution < 1.29 is 26.5 Å². The third-order valence-corrected chi connectivity index (χ3v) is 17.7. The number of ether oxygens (including phenoxy) is 1. The maximum Gasteiger partial charge on any atom is 0.248 e. The minimum Gasteiger partial charge on any atom is -0.378 e. The molecule has 8 nitrogen and oxygen atoms in total. The van der Waals surface area contributed by atoms with Crippen LogP contribution in [0.4, 0.5) is 8.78 Å². The number of halogens is 2. The molecule has 4 aromatic rings. The van der Waals surface area contributed by atoms with Gasteiger partial charge in [-0.1, -0.05) is 68.2 Å². The van der Waals surface area contributed by atoms with Gasteiger partial charge in [0, 0.05) is 43.2 Å². The zero-order valence-corrected chi connectivity index (χ0v) is 37.0. The molecular weight excluding hydrogens is 779 g/mol. The van der Waals surface area contributed by atoms with Crippen molar-refractivity contribution >= 4 is 9.84 Å². The van der Waals surface area contributed by atoms with Gasteiger partial charge in [0.15, 0.2) is 15.6 Å². The molecule has 7 atom stereocenters. The van der Waals surface area contributed by atoms with E-state index >= 15 is 0 Å². The number of sulfone groups is 1. The molecule has 0 unspecified atom stereocenters. The lowest BCUT2D eigenvalue weighted by Crippen LogP contribution is -2.55. The second kappa shape index (κ2) is 17.3. The molecule has 2 aromatic carbocycles. The van der Waals surface area contributed by atoms with Crippen molar-refractivity contribution in [2.75, 3.05) is 13.7 Å². The molecular formula is C49H64F2N4O4S. The summed E-state index contributed by atoms with van der Waals surface area (Å²) in [6.45, 7) is 9.76. The van der Waals surface area contributed by atoms with Crippen LogP contribution in [0, 0.1) is 34.5 Å². The smallest absolute Gasteiger partial charge is 0.248 e. The highest BCUT2D eigenvalue weighted by Gasteiger charge is 2.62. The van der Waals surface area contributed by atoms with Crippen LogP contribution in [0.1, 0.15) is 122 Å². The fourth-order valence-corrected chi connectivity index (χ4v) is 13.0. The Kier molecular flexibility index (Phi) is 12.4. The quantitative estimate of drug-likeness (QED) is 0.118. The van der Waals surface area contributed by atoms with E-state index in [1.165, 1.54) is 12.0 Å². The van der Waals surface area contributed by atoms with Crippen molar-refractivity contribution in [1.82, 2.24) is 20.4 Å². The molecule has 11 heteroatoms. The first-order valence-corrected chi connectivity index (χ1v) is 24.2. The number of nitrogens with zero attached hydrogens (tertiary/aromatic N) is 3. The molecule has 60 heavy (non-hydrogen) atoms. The van der Waals surface area contributed by atoms with Gasteiger partial charge in [0.1, 0.15) is 11.4 Å². The molecule has 2 aromatic heterocycles. The van der Waals surface area contributed by atoms with Crippen LogP contribution in [0.3, 0.4) is 0 Å². The summed E-state index contributed by atoms with van der Waals surface area (Å²) >= 11 is 0. The van der Waals surface area contributed by atoms with Crippen LogP contribution in [0.2, 0.25) is 0 Å². The summed E-state index contributed by atoms with van der Waals surface area (Å²) in [4.78, 5) is 10.2. The summed E-state index contributed by atoms with van der Waals surface area (Å²) in [7, 11) is -1.47. The minimum absolute atomic E-state index is 0.0676. The maximum atomic E-state index is 14.4. The van der Waals surface area contributed by atoms with Gasteiger partial charge in [-0.2, -0.15) is 0 Å². The van der Waals surface area contributed by atoms with Crippen molar-refractivity contribution in [3.8, 4) is 34.0 Å². The SMILES string of the molecule is CNCc1ccc(-c2cc(-c3nc(-c4ccc(S(=O)(=O)C(C)C)cc4)cnc3CCCCCCO[C@H]3CC[C@H]4[C@@H]5CC[C@H]6CC(F)(F)CC[C@]6(C)[C@H]5CC[C@]34C)on2)cc1. The summed E-state index contributed by atoms with van der Waals surface area (Å²) in [5, 5.41) is 7.08. The van der Waals surface area contributed by atoms with Gasteiger partial charge in [-0.15, -0.1) is 0 Å². The normalized spacial score (nSPS) is 28.6. The van der Waals surface area contributed by atoms with Crippen molar-refractivity contribution in [3.05, 3.63) is 72.1 Å². The molecule has 0 bridgehead atoms. The van der Waals surface area contributed by atoms with Crippen LogP contribution < -0.4 is 5.32 Å². The third-order valence-electron chi connectivity index (χ3n) is 15.5. The molecule has 324 valence electrons. The predicted octanol–water partition coefficient (Wildman–Crippen LogP) is 11.5. The number of rotatable bonds is 15. The van der Waals surface area contributed by atoms with Crippen LogP contribution in [-0.4, -0.2) is 54.5 Å². The number of hydrogen-bond acceptors (Lipinski definition) is 8. The molecule has 4 aliphatic carbocycles. The van der Waals surface area contributed by atoms with Gasteiger partial charge in [0.05, 0.1) is 33.8 Å². The molecule has 1 N–H and O–H groups in total. The van der Waals surface area contributed by atoms with E-state index in [0.29, 0.717) is 41.3 Å². The molecule has 0 radical (unpaired) electrons. The summed E-state index contributed by atoms with van der Waals surface area (Å²) in [6, 6.07) is 17.0. The Morgan fingerprint density at radius 2 is 1.57 bits per heavy atom. The van der Waals surface area contributed by atoms with Crippen LogP contribution in [0.25, 0.3) is 34.0 Å². The highest BCUT2D eigenvalue weighted by molar-refractivity contribution is 7.92. The first-order chi connectivity index (χ1) is 28.7. The number of alkyl halides is 2. The number of benzene rings is 2.